The van der Waals surface area contributed by atoms with E-state index in [1.54, 1.807) is 0 Å². The Hall–Kier alpha value is -0.990. The molecule has 2 heterocycles. The predicted molar refractivity (Wildman–Crippen MR) is 35.9 cm³/mol. The van der Waals surface area contributed by atoms with Crippen LogP contribution in [0.4, 0.5) is 0 Å². The third kappa shape index (κ3) is 0.542. The molecule has 0 radical (unpaired) electrons. The smallest absolute Gasteiger partial charge is 0.144 e. The first-order valence-electron chi connectivity index (χ1n) is 3.11. The molecule has 0 saturated carbocycles. The Morgan fingerprint density at radius 3 is 3.33 bits per heavy atom. The van der Waals surface area contributed by atoms with Crippen molar-refractivity contribution in [3.05, 3.63) is 12.3 Å². The van der Waals surface area contributed by atoms with E-state index in [2.05, 4.69) is 15.0 Å². The normalized spacial score (nSPS) is 23.0. The highest BCUT2D eigenvalue weighted by Gasteiger charge is 2.20. The molecule has 9 heavy (non-hydrogen) atoms. The molecule has 0 aromatic rings. The Morgan fingerprint density at radius 2 is 2.56 bits per heavy atom. The molecule has 0 bridgehead atoms. The predicted octanol–water partition coefficient (Wildman–Crippen LogP) is 0.0746. The molecule has 0 saturated heterocycles. The summed E-state index contributed by atoms with van der Waals surface area (Å²) in [4.78, 5) is 4.26. The molecule has 0 N–H and O–H groups in total. The van der Waals surface area contributed by atoms with Gasteiger partial charge in [-0.05, 0) is 6.08 Å². The number of aliphatic imine (C=N–C) groups is 1. The second-order valence-corrected chi connectivity index (χ2v) is 2.25. The monoisotopic (exact) mass is 123 g/mol. The van der Waals surface area contributed by atoms with E-state index in [9.17, 15) is 0 Å². The Kier molecular flexibility index (Phi) is 0.806. The average Bonchev–Trinajstić information content (AvgIpc) is 2.35. The summed E-state index contributed by atoms with van der Waals surface area (Å²) in [6.45, 7) is 1.99. The number of fused-ring (bicyclic) bond motifs is 1. The highest BCUT2D eigenvalue weighted by molar-refractivity contribution is 5.95. The lowest BCUT2D eigenvalue weighted by Gasteiger charge is -2.22. The van der Waals surface area contributed by atoms with E-state index in [0.29, 0.717) is 0 Å². The van der Waals surface area contributed by atoms with E-state index >= 15 is 0 Å². The minimum absolute atomic E-state index is 0.948. The van der Waals surface area contributed by atoms with Crippen molar-refractivity contribution in [3.8, 4) is 0 Å². The van der Waals surface area contributed by atoms with E-state index in [-0.39, 0.29) is 0 Å². The molecule has 3 heteroatoms. The number of rotatable bonds is 0. The summed E-state index contributed by atoms with van der Waals surface area (Å²) in [5.74, 6) is 1.11. The minimum Gasteiger partial charge on any atom is -0.294 e. The third-order valence-electron chi connectivity index (χ3n) is 1.67. The Morgan fingerprint density at radius 1 is 1.67 bits per heavy atom. The van der Waals surface area contributed by atoms with Gasteiger partial charge in [-0.25, -0.2) is 0 Å². The third-order valence-corrected chi connectivity index (χ3v) is 1.67. The first-order valence-corrected chi connectivity index (χ1v) is 3.11. The fourth-order valence-electron chi connectivity index (χ4n) is 1.17. The van der Waals surface area contributed by atoms with Gasteiger partial charge in [0.1, 0.15) is 5.84 Å². The SMILES string of the molecule is CN1C=CC2=NCCN21. The lowest BCUT2D eigenvalue weighted by molar-refractivity contribution is 0.167. The number of nitrogens with zero attached hydrogens (tertiary/aromatic N) is 3. The zero-order valence-electron chi connectivity index (χ0n) is 5.41. The van der Waals surface area contributed by atoms with Crippen molar-refractivity contribution in [2.75, 3.05) is 20.1 Å². The molecular formula is C6H9N3. The van der Waals surface area contributed by atoms with Crippen LogP contribution in [0, 0.1) is 0 Å². The molecule has 0 fully saturated rings. The molecule has 0 spiro atoms. The number of hydrogen-bond donors (Lipinski definition) is 0. The van der Waals surface area contributed by atoms with Gasteiger partial charge in [0.2, 0.25) is 0 Å². The number of amidine groups is 1. The fourth-order valence-corrected chi connectivity index (χ4v) is 1.17. The number of hydrazine groups is 1. The van der Waals surface area contributed by atoms with Crippen molar-refractivity contribution in [2.24, 2.45) is 4.99 Å². The first-order chi connectivity index (χ1) is 4.38. The Labute approximate surface area is 54.2 Å². The quantitative estimate of drug-likeness (QED) is 0.454. The number of hydrogen-bond acceptors (Lipinski definition) is 3. The molecule has 2 aliphatic heterocycles. The maximum absolute atomic E-state index is 4.26. The van der Waals surface area contributed by atoms with Gasteiger partial charge >= 0.3 is 0 Å². The zero-order valence-corrected chi connectivity index (χ0v) is 5.41. The summed E-state index contributed by atoms with van der Waals surface area (Å²) in [6.07, 6.45) is 4.06. The lowest BCUT2D eigenvalue weighted by Crippen LogP contribution is -2.33. The van der Waals surface area contributed by atoms with E-state index in [1.807, 2.05) is 19.3 Å². The molecule has 0 aliphatic carbocycles. The van der Waals surface area contributed by atoms with E-state index < -0.39 is 0 Å². The Bertz CT molecular complexity index is 183. The van der Waals surface area contributed by atoms with Gasteiger partial charge in [0.05, 0.1) is 13.1 Å². The second-order valence-electron chi connectivity index (χ2n) is 2.25. The van der Waals surface area contributed by atoms with Crippen LogP contribution in [-0.2, 0) is 0 Å². The van der Waals surface area contributed by atoms with Crippen LogP contribution in [-0.4, -0.2) is 36.0 Å². The van der Waals surface area contributed by atoms with Crippen LogP contribution < -0.4 is 0 Å². The molecule has 2 aliphatic rings. The van der Waals surface area contributed by atoms with Crippen LogP contribution in [0.5, 0.6) is 0 Å². The van der Waals surface area contributed by atoms with Crippen LogP contribution in [0.1, 0.15) is 0 Å². The molecular weight excluding hydrogens is 114 g/mol. The van der Waals surface area contributed by atoms with Gasteiger partial charge in [0.15, 0.2) is 0 Å². The standard InChI is InChI=1S/C6H9N3/c1-8-4-2-6-7-3-5-9(6)8/h2,4H,3,5H2,1H3. The van der Waals surface area contributed by atoms with E-state index in [0.717, 1.165) is 18.9 Å². The topological polar surface area (TPSA) is 18.8 Å². The second kappa shape index (κ2) is 1.50. The summed E-state index contributed by atoms with van der Waals surface area (Å²) in [5.41, 5.74) is 0. The summed E-state index contributed by atoms with van der Waals surface area (Å²) in [5, 5.41) is 4.21. The van der Waals surface area contributed by atoms with Crippen LogP contribution in [0.15, 0.2) is 17.3 Å². The van der Waals surface area contributed by atoms with Gasteiger partial charge < -0.3 is 0 Å². The van der Waals surface area contributed by atoms with E-state index in [4.69, 9.17) is 0 Å². The molecule has 0 aromatic carbocycles. The van der Waals surface area contributed by atoms with Crippen molar-refractivity contribution < 1.29 is 0 Å². The average molecular weight is 123 g/mol. The summed E-state index contributed by atoms with van der Waals surface area (Å²) in [7, 11) is 2.03. The summed E-state index contributed by atoms with van der Waals surface area (Å²) in [6, 6.07) is 0. The summed E-state index contributed by atoms with van der Waals surface area (Å²) < 4.78 is 0. The molecule has 48 valence electrons. The highest BCUT2D eigenvalue weighted by atomic mass is 15.6. The molecule has 2 rings (SSSR count). The van der Waals surface area contributed by atoms with Crippen LogP contribution >= 0.6 is 0 Å². The van der Waals surface area contributed by atoms with Crippen LogP contribution in [0.3, 0.4) is 0 Å². The zero-order chi connectivity index (χ0) is 6.27. The maximum atomic E-state index is 4.26. The Balaban J connectivity index is 2.29. The van der Waals surface area contributed by atoms with Gasteiger partial charge in [-0.3, -0.25) is 15.0 Å². The van der Waals surface area contributed by atoms with Crippen molar-refractivity contribution in [1.82, 2.24) is 10.0 Å². The molecule has 0 aromatic heterocycles. The minimum atomic E-state index is 0.948. The van der Waals surface area contributed by atoms with E-state index in [1.165, 1.54) is 0 Å². The van der Waals surface area contributed by atoms with Gasteiger partial charge in [-0.15, -0.1) is 0 Å². The van der Waals surface area contributed by atoms with Crippen molar-refractivity contribution in [2.45, 2.75) is 0 Å². The van der Waals surface area contributed by atoms with Gasteiger partial charge in [-0.2, -0.15) is 0 Å². The largest absolute Gasteiger partial charge is 0.294 e. The first kappa shape index (κ1) is 4.85. The van der Waals surface area contributed by atoms with Crippen molar-refractivity contribution in [3.63, 3.8) is 0 Å². The lowest BCUT2D eigenvalue weighted by atomic mass is 10.6. The highest BCUT2D eigenvalue weighted by Crippen LogP contribution is 2.11. The maximum Gasteiger partial charge on any atom is 0.144 e. The molecule has 3 nitrogen and oxygen atoms in total. The van der Waals surface area contributed by atoms with Crippen LogP contribution in [0.2, 0.25) is 0 Å². The van der Waals surface area contributed by atoms with Crippen molar-refractivity contribution in [1.29, 1.82) is 0 Å². The van der Waals surface area contributed by atoms with Gasteiger partial charge in [-0.1, -0.05) is 0 Å². The van der Waals surface area contributed by atoms with Crippen molar-refractivity contribution >= 4 is 5.84 Å². The van der Waals surface area contributed by atoms with Crippen LogP contribution in [0.25, 0.3) is 0 Å². The molecule has 0 atom stereocenters. The molecule has 0 amide bonds. The summed E-state index contributed by atoms with van der Waals surface area (Å²) >= 11 is 0. The van der Waals surface area contributed by atoms with Gasteiger partial charge in [0.25, 0.3) is 0 Å². The van der Waals surface area contributed by atoms with Gasteiger partial charge in [0, 0.05) is 13.2 Å². The fraction of sp³-hybridized carbons (Fsp3) is 0.500. The molecule has 0 unspecified atom stereocenters.